The Kier molecular flexibility index (Phi) is 3.36. The molecule has 0 spiro atoms. The van der Waals surface area contributed by atoms with Crippen molar-refractivity contribution in [3.63, 3.8) is 0 Å². The number of rotatable bonds is 3. The van der Waals surface area contributed by atoms with E-state index in [0.29, 0.717) is 12.0 Å². The Labute approximate surface area is 98.7 Å². The van der Waals surface area contributed by atoms with E-state index in [2.05, 4.69) is 5.38 Å². The highest BCUT2D eigenvalue weighted by Gasteiger charge is 2.12. The van der Waals surface area contributed by atoms with E-state index < -0.39 is 0 Å². The lowest BCUT2D eigenvalue weighted by atomic mass is 9.99. The van der Waals surface area contributed by atoms with Crippen LogP contribution in [0.25, 0.3) is 0 Å². The van der Waals surface area contributed by atoms with Crippen LogP contribution in [0.4, 0.5) is 4.39 Å². The summed E-state index contributed by atoms with van der Waals surface area (Å²) in [5.41, 5.74) is 9.07. The molecule has 0 aliphatic heterocycles. The Morgan fingerprint density at radius 1 is 1.31 bits per heavy atom. The first-order chi connectivity index (χ1) is 7.68. The molecule has 0 fully saturated rings. The van der Waals surface area contributed by atoms with Gasteiger partial charge in [-0.1, -0.05) is 18.2 Å². The monoisotopic (exact) mass is 235 g/mol. The largest absolute Gasteiger partial charge is 0.324 e. The van der Waals surface area contributed by atoms with E-state index in [9.17, 15) is 4.39 Å². The van der Waals surface area contributed by atoms with Gasteiger partial charge in [-0.3, -0.25) is 0 Å². The average molecular weight is 235 g/mol. The first-order valence-corrected chi connectivity index (χ1v) is 6.14. The summed E-state index contributed by atoms with van der Waals surface area (Å²) < 4.78 is 13.4. The van der Waals surface area contributed by atoms with Crippen molar-refractivity contribution in [3.8, 4) is 0 Å². The van der Waals surface area contributed by atoms with Gasteiger partial charge in [-0.15, -0.1) is 0 Å². The van der Waals surface area contributed by atoms with E-state index in [1.807, 2.05) is 18.4 Å². The summed E-state index contributed by atoms with van der Waals surface area (Å²) >= 11 is 1.64. The lowest BCUT2D eigenvalue weighted by Gasteiger charge is -2.12. The molecule has 1 nitrogen and oxygen atoms in total. The highest BCUT2D eigenvalue weighted by Crippen LogP contribution is 2.23. The molecule has 0 bridgehead atoms. The van der Waals surface area contributed by atoms with Gasteiger partial charge in [-0.25, -0.2) is 4.39 Å². The van der Waals surface area contributed by atoms with Crippen molar-refractivity contribution in [2.45, 2.75) is 19.4 Å². The Hall–Kier alpha value is -1.19. The number of hydrogen-bond donors (Lipinski definition) is 1. The molecule has 0 aliphatic rings. The third-order valence-electron chi connectivity index (χ3n) is 2.69. The summed E-state index contributed by atoms with van der Waals surface area (Å²) in [6, 6.07) is 6.67. The van der Waals surface area contributed by atoms with E-state index in [1.54, 1.807) is 23.5 Å². The highest BCUT2D eigenvalue weighted by atomic mass is 32.1. The molecule has 2 N–H and O–H groups in total. The lowest BCUT2D eigenvalue weighted by molar-refractivity contribution is 0.593. The van der Waals surface area contributed by atoms with Crippen LogP contribution in [-0.2, 0) is 6.42 Å². The molecule has 3 heteroatoms. The van der Waals surface area contributed by atoms with Crippen LogP contribution in [0.3, 0.4) is 0 Å². The molecule has 0 radical (unpaired) electrons. The van der Waals surface area contributed by atoms with E-state index in [1.165, 1.54) is 11.6 Å². The minimum atomic E-state index is -0.175. The van der Waals surface area contributed by atoms with E-state index >= 15 is 0 Å². The minimum Gasteiger partial charge on any atom is -0.324 e. The molecule has 1 heterocycles. The molecule has 1 atom stereocenters. The number of hydrogen-bond acceptors (Lipinski definition) is 2. The first kappa shape index (κ1) is 11.3. The van der Waals surface area contributed by atoms with Crippen molar-refractivity contribution >= 4 is 11.3 Å². The number of aryl methyl sites for hydroxylation is 1. The second kappa shape index (κ2) is 4.76. The quantitative estimate of drug-likeness (QED) is 0.866. The molecule has 84 valence electrons. The molecule has 2 rings (SSSR count). The maximum absolute atomic E-state index is 13.4. The van der Waals surface area contributed by atoms with Crippen molar-refractivity contribution in [1.82, 2.24) is 0 Å². The topological polar surface area (TPSA) is 26.0 Å². The van der Waals surface area contributed by atoms with E-state index in [-0.39, 0.29) is 11.9 Å². The van der Waals surface area contributed by atoms with E-state index in [4.69, 9.17) is 5.73 Å². The van der Waals surface area contributed by atoms with Crippen molar-refractivity contribution in [3.05, 3.63) is 57.5 Å². The predicted octanol–water partition coefficient (Wildman–Crippen LogP) is 3.44. The highest BCUT2D eigenvalue weighted by molar-refractivity contribution is 7.08. The lowest BCUT2D eigenvalue weighted by Crippen LogP contribution is -2.14. The molecule has 1 aromatic carbocycles. The Balaban J connectivity index is 2.17. The zero-order valence-corrected chi connectivity index (χ0v) is 9.93. The zero-order valence-electron chi connectivity index (χ0n) is 9.11. The summed E-state index contributed by atoms with van der Waals surface area (Å²) in [5, 5.41) is 4.11. The summed E-state index contributed by atoms with van der Waals surface area (Å²) in [4.78, 5) is 0. The third kappa shape index (κ3) is 2.31. The van der Waals surface area contributed by atoms with Crippen molar-refractivity contribution in [2.24, 2.45) is 5.73 Å². The van der Waals surface area contributed by atoms with Gasteiger partial charge in [-0.05, 0) is 46.9 Å². The molecule has 1 unspecified atom stereocenters. The summed E-state index contributed by atoms with van der Waals surface area (Å²) in [5.74, 6) is -0.175. The molecule has 0 saturated carbocycles. The predicted molar refractivity (Wildman–Crippen MR) is 66.1 cm³/mol. The molecule has 16 heavy (non-hydrogen) atoms. The molecule has 1 aromatic heterocycles. The fourth-order valence-electron chi connectivity index (χ4n) is 1.76. The summed E-state index contributed by atoms with van der Waals surface area (Å²) in [6.07, 6.45) is 0.546. The summed E-state index contributed by atoms with van der Waals surface area (Å²) in [7, 11) is 0. The SMILES string of the molecule is Cc1cscc1C(N)Cc1ccccc1F. The van der Waals surface area contributed by atoms with Crippen LogP contribution in [0.1, 0.15) is 22.7 Å². The average Bonchev–Trinajstić information content (AvgIpc) is 2.68. The van der Waals surface area contributed by atoms with Gasteiger partial charge in [0.1, 0.15) is 5.82 Å². The molecule has 0 aliphatic carbocycles. The molecule has 0 saturated heterocycles. The van der Waals surface area contributed by atoms with Crippen LogP contribution in [0.5, 0.6) is 0 Å². The Bertz CT molecular complexity index is 478. The van der Waals surface area contributed by atoms with Crippen LogP contribution in [0.15, 0.2) is 35.0 Å². The van der Waals surface area contributed by atoms with Gasteiger partial charge < -0.3 is 5.73 Å². The maximum Gasteiger partial charge on any atom is 0.126 e. The Morgan fingerprint density at radius 3 is 2.69 bits per heavy atom. The maximum atomic E-state index is 13.4. The van der Waals surface area contributed by atoms with Gasteiger partial charge in [0.05, 0.1) is 0 Å². The fraction of sp³-hybridized carbons (Fsp3) is 0.231. The second-order valence-electron chi connectivity index (χ2n) is 3.91. The number of thiophene rings is 1. The van der Waals surface area contributed by atoms with Crippen LogP contribution in [-0.4, -0.2) is 0 Å². The first-order valence-electron chi connectivity index (χ1n) is 5.20. The fourth-order valence-corrected chi connectivity index (χ4v) is 2.68. The van der Waals surface area contributed by atoms with Crippen LogP contribution in [0.2, 0.25) is 0 Å². The van der Waals surface area contributed by atoms with Crippen molar-refractivity contribution in [1.29, 1.82) is 0 Å². The molecule has 2 aromatic rings. The van der Waals surface area contributed by atoms with Crippen molar-refractivity contribution in [2.75, 3.05) is 0 Å². The van der Waals surface area contributed by atoms with Crippen molar-refractivity contribution < 1.29 is 4.39 Å². The zero-order chi connectivity index (χ0) is 11.5. The van der Waals surface area contributed by atoms with Gasteiger partial charge in [-0.2, -0.15) is 11.3 Å². The van der Waals surface area contributed by atoms with Crippen LogP contribution >= 0.6 is 11.3 Å². The van der Waals surface area contributed by atoms with Crippen LogP contribution in [0, 0.1) is 12.7 Å². The van der Waals surface area contributed by atoms with Crippen LogP contribution < -0.4 is 5.73 Å². The van der Waals surface area contributed by atoms with Gasteiger partial charge in [0.25, 0.3) is 0 Å². The van der Waals surface area contributed by atoms with Gasteiger partial charge in [0.2, 0.25) is 0 Å². The number of benzene rings is 1. The minimum absolute atomic E-state index is 0.122. The second-order valence-corrected chi connectivity index (χ2v) is 4.66. The summed E-state index contributed by atoms with van der Waals surface area (Å²) in [6.45, 7) is 2.03. The number of nitrogens with two attached hydrogens (primary N) is 1. The van der Waals surface area contributed by atoms with Gasteiger partial charge >= 0.3 is 0 Å². The third-order valence-corrected chi connectivity index (χ3v) is 3.57. The van der Waals surface area contributed by atoms with Gasteiger partial charge in [0.15, 0.2) is 0 Å². The standard InChI is InChI=1S/C13H14FNS/c1-9-7-16-8-11(9)13(15)6-10-4-2-3-5-12(10)14/h2-5,7-8,13H,6,15H2,1H3. The molecular weight excluding hydrogens is 221 g/mol. The molecular formula is C13H14FNS. The van der Waals surface area contributed by atoms with E-state index in [0.717, 1.165) is 5.56 Å². The number of halogens is 1. The Morgan fingerprint density at radius 2 is 2.06 bits per heavy atom. The molecule has 0 amide bonds. The van der Waals surface area contributed by atoms with Gasteiger partial charge in [0, 0.05) is 6.04 Å². The smallest absolute Gasteiger partial charge is 0.126 e. The normalized spacial score (nSPS) is 12.7.